The highest BCUT2D eigenvalue weighted by molar-refractivity contribution is 7.14. The van der Waals surface area contributed by atoms with E-state index in [0.717, 1.165) is 5.69 Å². The van der Waals surface area contributed by atoms with Crippen LogP contribution in [0.15, 0.2) is 60.0 Å². The summed E-state index contributed by atoms with van der Waals surface area (Å²) < 4.78 is 5.45. The minimum absolute atomic E-state index is 0.0774. The first-order valence-corrected chi connectivity index (χ1v) is 9.34. The summed E-state index contributed by atoms with van der Waals surface area (Å²) in [6.45, 7) is 1.72. The van der Waals surface area contributed by atoms with Crippen molar-refractivity contribution in [2.45, 2.75) is 6.92 Å². The zero-order valence-electron chi connectivity index (χ0n) is 14.7. The van der Waals surface area contributed by atoms with Crippen LogP contribution in [0.4, 0.5) is 16.5 Å². The van der Waals surface area contributed by atoms with E-state index in [0.29, 0.717) is 22.3 Å². The third kappa shape index (κ3) is 3.41. The van der Waals surface area contributed by atoms with Crippen molar-refractivity contribution in [2.24, 2.45) is 0 Å². The summed E-state index contributed by atoms with van der Waals surface area (Å²) in [5, 5.41) is 2.48. The number of aromatic nitrogens is 1. The maximum absolute atomic E-state index is 13.2. The Morgan fingerprint density at radius 3 is 2.67 bits per heavy atom. The molecule has 0 saturated carbocycles. The average Bonchev–Trinajstić information content (AvgIpc) is 3.11. The fourth-order valence-electron chi connectivity index (χ4n) is 2.92. The number of rotatable bonds is 4. The van der Waals surface area contributed by atoms with E-state index in [-0.39, 0.29) is 25.0 Å². The molecule has 0 unspecified atom stereocenters. The molecule has 4 rings (SSSR count). The Kier molecular flexibility index (Phi) is 4.60. The maximum atomic E-state index is 13.2. The fraction of sp³-hybridized carbons (Fsp3) is 0.150. The SMILES string of the molecule is Cc1csc(N(C(=O)CN2C(=O)COc3ccccc32)c2ccccc2)n1. The lowest BCUT2D eigenvalue weighted by Gasteiger charge is -2.30. The summed E-state index contributed by atoms with van der Waals surface area (Å²) in [4.78, 5) is 33.1. The first kappa shape index (κ1) is 17.2. The maximum Gasteiger partial charge on any atom is 0.265 e. The number of hydrogen-bond donors (Lipinski definition) is 0. The third-order valence-electron chi connectivity index (χ3n) is 4.16. The highest BCUT2D eigenvalue weighted by Crippen LogP contribution is 2.33. The molecule has 2 heterocycles. The quantitative estimate of drug-likeness (QED) is 0.696. The summed E-state index contributed by atoms with van der Waals surface area (Å²) in [6.07, 6.45) is 0. The van der Waals surface area contributed by atoms with Crippen LogP contribution < -0.4 is 14.5 Å². The molecule has 0 bridgehead atoms. The Balaban J connectivity index is 1.68. The predicted molar refractivity (Wildman–Crippen MR) is 105 cm³/mol. The second-order valence-electron chi connectivity index (χ2n) is 6.07. The van der Waals surface area contributed by atoms with E-state index in [4.69, 9.17) is 4.74 Å². The molecule has 0 radical (unpaired) electrons. The highest BCUT2D eigenvalue weighted by atomic mass is 32.1. The topological polar surface area (TPSA) is 62.7 Å². The number of amides is 2. The van der Waals surface area contributed by atoms with Gasteiger partial charge in [-0.15, -0.1) is 11.3 Å². The lowest BCUT2D eigenvalue weighted by Crippen LogP contribution is -2.45. The number of benzene rings is 2. The van der Waals surface area contributed by atoms with Crippen molar-refractivity contribution >= 4 is 39.7 Å². The molecule has 0 N–H and O–H groups in total. The van der Waals surface area contributed by atoms with Gasteiger partial charge in [-0.2, -0.15) is 0 Å². The van der Waals surface area contributed by atoms with E-state index in [9.17, 15) is 9.59 Å². The molecule has 0 saturated heterocycles. The summed E-state index contributed by atoms with van der Waals surface area (Å²) in [7, 11) is 0. The summed E-state index contributed by atoms with van der Waals surface area (Å²) >= 11 is 1.40. The van der Waals surface area contributed by atoms with E-state index >= 15 is 0 Å². The number of carbonyl (C=O) groups is 2. The van der Waals surface area contributed by atoms with Crippen molar-refractivity contribution in [3.05, 3.63) is 65.7 Å². The normalized spacial score (nSPS) is 13.1. The lowest BCUT2D eigenvalue weighted by molar-refractivity contribution is -0.124. The number of hydrogen-bond acceptors (Lipinski definition) is 5. The average molecular weight is 379 g/mol. The van der Waals surface area contributed by atoms with Gasteiger partial charge in [0.1, 0.15) is 12.3 Å². The molecular formula is C20H17N3O3S. The van der Waals surface area contributed by atoms with Crippen LogP contribution in [0.1, 0.15) is 5.69 Å². The number of anilines is 3. The van der Waals surface area contributed by atoms with Gasteiger partial charge >= 0.3 is 0 Å². The monoisotopic (exact) mass is 379 g/mol. The van der Waals surface area contributed by atoms with Crippen molar-refractivity contribution < 1.29 is 14.3 Å². The summed E-state index contributed by atoms with van der Waals surface area (Å²) in [5.74, 6) is 0.118. The number of nitrogens with zero attached hydrogens (tertiary/aromatic N) is 3. The van der Waals surface area contributed by atoms with Gasteiger partial charge in [0, 0.05) is 5.38 Å². The van der Waals surface area contributed by atoms with E-state index in [1.165, 1.54) is 16.2 Å². The van der Waals surface area contributed by atoms with Gasteiger partial charge in [-0.1, -0.05) is 30.3 Å². The zero-order chi connectivity index (χ0) is 18.8. The molecule has 6 nitrogen and oxygen atoms in total. The number of fused-ring (bicyclic) bond motifs is 1. The van der Waals surface area contributed by atoms with Crippen LogP contribution in [0.2, 0.25) is 0 Å². The van der Waals surface area contributed by atoms with Gasteiger partial charge in [-0.05, 0) is 31.2 Å². The molecule has 1 aliphatic heterocycles. The minimum Gasteiger partial charge on any atom is -0.482 e. The number of thiazole rings is 1. The largest absolute Gasteiger partial charge is 0.482 e. The van der Waals surface area contributed by atoms with Crippen LogP contribution in [0, 0.1) is 6.92 Å². The smallest absolute Gasteiger partial charge is 0.265 e. The lowest BCUT2D eigenvalue weighted by atomic mass is 10.2. The third-order valence-corrected chi connectivity index (χ3v) is 5.11. The van der Waals surface area contributed by atoms with E-state index in [2.05, 4.69) is 4.98 Å². The van der Waals surface area contributed by atoms with Crippen LogP contribution in [0.5, 0.6) is 5.75 Å². The molecule has 1 aromatic heterocycles. The van der Waals surface area contributed by atoms with Gasteiger partial charge < -0.3 is 4.74 Å². The highest BCUT2D eigenvalue weighted by Gasteiger charge is 2.30. The Labute approximate surface area is 160 Å². The van der Waals surface area contributed by atoms with Crippen LogP contribution in [-0.4, -0.2) is 29.9 Å². The van der Waals surface area contributed by atoms with E-state index in [1.54, 1.807) is 17.0 Å². The number of ether oxygens (including phenoxy) is 1. The molecule has 136 valence electrons. The number of aryl methyl sites for hydroxylation is 1. The van der Waals surface area contributed by atoms with Crippen LogP contribution in [0.25, 0.3) is 0 Å². The second-order valence-corrected chi connectivity index (χ2v) is 6.91. The Morgan fingerprint density at radius 1 is 1.19 bits per heavy atom. The van der Waals surface area contributed by atoms with E-state index < -0.39 is 0 Å². The Bertz CT molecular complexity index is 987. The van der Waals surface area contributed by atoms with Crippen molar-refractivity contribution in [3.8, 4) is 5.75 Å². The van der Waals surface area contributed by atoms with Crippen LogP contribution >= 0.6 is 11.3 Å². The van der Waals surface area contributed by atoms with Crippen molar-refractivity contribution in [1.82, 2.24) is 4.98 Å². The summed E-state index contributed by atoms with van der Waals surface area (Å²) in [6, 6.07) is 16.5. The van der Waals surface area contributed by atoms with Gasteiger partial charge in [-0.3, -0.25) is 19.4 Å². The van der Waals surface area contributed by atoms with Crippen LogP contribution in [0.3, 0.4) is 0 Å². The molecule has 7 heteroatoms. The summed E-state index contributed by atoms with van der Waals surface area (Å²) in [5.41, 5.74) is 2.16. The molecule has 1 aliphatic rings. The first-order valence-electron chi connectivity index (χ1n) is 8.46. The molecule has 27 heavy (non-hydrogen) atoms. The molecule has 0 atom stereocenters. The molecule has 0 aliphatic carbocycles. The van der Waals surface area contributed by atoms with Gasteiger partial charge in [0.05, 0.1) is 17.1 Å². The number of carbonyl (C=O) groups excluding carboxylic acids is 2. The first-order chi connectivity index (χ1) is 13.1. The molecule has 3 aromatic rings. The molecule has 0 fully saturated rings. The van der Waals surface area contributed by atoms with Gasteiger partial charge in [0.2, 0.25) is 0 Å². The second kappa shape index (κ2) is 7.20. The van der Waals surface area contributed by atoms with Crippen molar-refractivity contribution in [1.29, 1.82) is 0 Å². The Hall–Kier alpha value is -3.19. The molecule has 2 aromatic carbocycles. The fourth-order valence-corrected chi connectivity index (χ4v) is 3.75. The minimum atomic E-state index is -0.245. The molecular weight excluding hydrogens is 362 g/mol. The van der Waals surface area contributed by atoms with Crippen LogP contribution in [-0.2, 0) is 9.59 Å². The predicted octanol–water partition coefficient (Wildman–Crippen LogP) is 3.54. The molecule has 0 spiro atoms. The van der Waals surface area contributed by atoms with Gasteiger partial charge in [0.15, 0.2) is 11.7 Å². The van der Waals surface area contributed by atoms with E-state index in [1.807, 2.05) is 54.8 Å². The van der Waals surface area contributed by atoms with Gasteiger partial charge in [0.25, 0.3) is 11.8 Å². The molecule has 2 amide bonds. The van der Waals surface area contributed by atoms with Crippen molar-refractivity contribution in [2.75, 3.05) is 23.0 Å². The number of para-hydroxylation sites is 3. The van der Waals surface area contributed by atoms with Crippen molar-refractivity contribution in [3.63, 3.8) is 0 Å². The van der Waals surface area contributed by atoms with Gasteiger partial charge in [-0.25, -0.2) is 4.98 Å². The zero-order valence-corrected chi connectivity index (χ0v) is 15.5. The Morgan fingerprint density at radius 2 is 1.93 bits per heavy atom. The standard InChI is InChI=1S/C20H17N3O3S/c1-14-13-27-20(21-14)23(15-7-3-2-4-8-15)18(24)11-22-16-9-5-6-10-17(16)26-12-19(22)25/h2-10,13H,11-12H2,1H3.